The molecule has 1 heterocycles. The topological polar surface area (TPSA) is 87.2 Å². The summed E-state index contributed by atoms with van der Waals surface area (Å²) in [6.07, 6.45) is 0. The van der Waals surface area contributed by atoms with Gasteiger partial charge in [-0.1, -0.05) is 28.1 Å². The third-order valence-electron chi connectivity index (χ3n) is 3.42. The predicted molar refractivity (Wildman–Crippen MR) is 94.3 cm³/mol. The molecule has 0 aliphatic rings. The molecular weight excluding hydrogens is 374 g/mol. The summed E-state index contributed by atoms with van der Waals surface area (Å²) in [6.45, 7) is 0. The summed E-state index contributed by atoms with van der Waals surface area (Å²) in [5, 5.41) is 19.4. The molecule has 24 heavy (non-hydrogen) atoms. The average Bonchev–Trinajstić information content (AvgIpc) is 3.05. The molecule has 0 aliphatic heterocycles. The van der Waals surface area contributed by atoms with Crippen LogP contribution < -0.4 is 10.1 Å². The highest BCUT2D eigenvalue weighted by atomic mass is 79.9. The highest BCUT2D eigenvalue weighted by Crippen LogP contribution is 2.29. The van der Waals surface area contributed by atoms with Crippen LogP contribution in [0.15, 0.2) is 53.0 Å². The van der Waals surface area contributed by atoms with E-state index in [1.807, 2.05) is 24.3 Å². The van der Waals surface area contributed by atoms with Crippen LogP contribution in [0.3, 0.4) is 0 Å². The van der Waals surface area contributed by atoms with E-state index in [4.69, 9.17) is 4.74 Å². The number of nitrogens with zero attached hydrogens (tertiary/aromatic N) is 1. The highest BCUT2D eigenvalue weighted by molar-refractivity contribution is 9.10. The zero-order valence-electron chi connectivity index (χ0n) is 12.7. The fourth-order valence-electron chi connectivity index (χ4n) is 2.26. The first-order valence-electron chi connectivity index (χ1n) is 7.07. The van der Waals surface area contributed by atoms with Gasteiger partial charge in [-0.25, -0.2) is 0 Å². The second-order valence-electron chi connectivity index (χ2n) is 4.98. The first kappa shape index (κ1) is 16.1. The van der Waals surface area contributed by atoms with Crippen molar-refractivity contribution in [1.29, 1.82) is 0 Å². The van der Waals surface area contributed by atoms with Crippen LogP contribution in [0, 0.1) is 0 Å². The third kappa shape index (κ3) is 3.26. The van der Waals surface area contributed by atoms with Gasteiger partial charge in [0.2, 0.25) is 0 Å². The normalized spacial score (nSPS) is 10.4. The molecule has 0 saturated heterocycles. The van der Waals surface area contributed by atoms with Gasteiger partial charge >= 0.3 is 0 Å². The summed E-state index contributed by atoms with van der Waals surface area (Å²) in [5.41, 5.74) is 1.70. The van der Waals surface area contributed by atoms with Gasteiger partial charge < -0.3 is 15.2 Å². The Kier molecular flexibility index (Phi) is 4.52. The number of halogens is 1. The lowest BCUT2D eigenvalue weighted by atomic mass is 10.1. The number of ether oxygens (including phenoxy) is 1. The summed E-state index contributed by atoms with van der Waals surface area (Å²) in [7, 11) is 1.59. The van der Waals surface area contributed by atoms with E-state index in [-0.39, 0.29) is 11.3 Å². The Morgan fingerprint density at radius 1 is 1.25 bits per heavy atom. The number of nitrogens with one attached hydrogen (secondary N) is 2. The smallest absolute Gasteiger partial charge is 0.260 e. The van der Waals surface area contributed by atoms with Gasteiger partial charge in [-0.05, 0) is 30.3 Å². The lowest BCUT2D eigenvalue weighted by molar-refractivity contribution is 0.102. The van der Waals surface area contributed by atoms with Crippen molar-refractivity contribution in [2.45, 2.75) is 0 Å². The Balaban J connectivity index is 1.84. The number of hydrogen-bond donors (Lipinski definition) is 3. The van der Waals surface area contributed by atoms with E-state index in [9.17, 15) is 9.90 Å². The quantitative estimate of drug-likeness (QED) is 0.635. The number of aromatic hydroxyl groups is 1. The number of carbonyl (C=O) groups excluding carboxylic acids is 1. The number of methoxy groups -OCH3 is 1. The molecule has 1 aromatic heterocycles. The number of phenols is 1. The van der Waals surface area contributed by atoms with E-state index in [0.29, 0.717) is 21.7 Å². The second-order valence-corrected chi connectivity index (χ2v) is 5.90. The summed E-state index contributed by atoms with van der Waals surface area (Å²) >= 11 is 3.27. The van der Waals surface area contributed by atoms with Crippen molar-refractivity contribution in [2.75, 3.05) is 12.4 Å². The van der Waals surface area contributed by atoms with E-state index >= 15 is 0 Å². The van der Waals surface area contributed by atoms with Gasteiger partial charge in [-0.2, -0.15) is 5.10 Å². The van der Waals surface area contributed by atoms with Crippen LogP contribution >= 0.6 is 15.9 Å². The van der Waals surface area contributed by atoms with Crippen molar-refractivity contribution >= 4 is 27.7 Å². The molecule has 3 aromatic rings. The van der Waals surface area contributed by atoms with Crippen LogP contribution in [0.25, 0.3) is 11.3 Å². The number of aromatic amines is 1. The van der Waals surface area contributed by atoms with Crippen molar-refractivity contribution in [1.82, 2.24) is 10.2 Å². The Labute approximate surface area is 146 Å². The van der Waals surface area contributed by atoms with Crippen LogP contribution in [0.4, 0.5) is 5.82 Å². The average molecular weight is 388 g/mol. The lowest BCUT2D eigenvalue weighted by Crippen LogP contribution is -2.12. The Bertz CT molecular complexity index is 892. The molecule has 122 valence electrons. The van der Waals surface area contributed by atoms with Gasteiger partial charge in [-0.3, -0.25) is 9.89 Å². The number of aromatic nitrogens is 2. The van der Waals surface area contributed by atoms with Gasteiger partial charge in [0, 0.05) is 16.1 Å². The lowest BCUT2D eigenvalue weighted by Gasteiger charge is -2.05. The SMILES string of the molecule is COc1ccccc1-c1cc(NC(=O)c2cc(Br)ccc2O)n[nH]1. The fourth-order valence-corrected chi connectivity index (χ4v) is 2.63. The van der Waals surface area contributed by atoms with Gasteiger partial charge in [-0.15, -0.1) is 0 Å². The zero-order valence-corrected chi connectivity index (χ0v) is 14.3. The summed E-state index contributed by atoms with van der Waals surface area (Å²) in [5.74, 6) is 0.493. The highest BCUT2D eigenvalue weighted by Gasteiger charge is 2.14. The Morgan fingerprint density at radius 3 is 2.83 bits per heavy atom. The molecule has 2 aromatic carbocycles. The number of amides is 1. The zero-order chi connectivity index (χ0) is 17.1. The molecule has 1 amide bonds. The molecule has 0 fully saturated rings. The Morgan fingerprint density at radius 2 is 2.04 bits per heavy atom. The van der Waals surface area contributed by atoms with Crippen LogP contribution in [0.1, 0.15) is 10.4 Å². The molecule has 0 saturated carbocycles. The minimum Gasteiger partial charge on any atom is -0.507 e. The van der Waals surface area contributed by atoms with Crippen molar-refractivity contribution in [3.8, 4) is 22.8 Å². The number of anilines is 1. The molecule has 3 N–H and O–H groups in total. The molecule has 3 rings (SSSR count). The first-order valence-corrected chi connectivity index (χ1v) is 7.86. The molecule has 0 bridgehead atoms. The predicted octanol–water partition coefficient (Wildman–Crippen LogP) is 3.81. The Hall–Kier alpha value is -2.80. The van der Waals surface area contributed by atoms with E-state index in [0.717, 1.165) is 5.56 Å². The van der Waals surface area contributed by atoms with Crippen molar-refractivity contribution < 1.29 is 14.6 Å². The fraction of sp³-hybridized carbons (Fsp3) is 0.0588. The van der Waals surface area contributed by atoms with Crippen LogP contribution in [0.2, 0.25) is 0 Å². The van der Waals surface area contributed by atoms with Crippen LogP contribution in [0.5, 0.6) is 11.5 Å². The molecule has 6 nitrogen and oxygen atoms in total. The molecular formula is C17H14BrN3O3. The number of rotatable bonds is 4. The number of carbonyl (C=O) groups is 1. The summed E-state index contributed by atoms with van der Waals surface area (Å²) in [4.78, 5) is 12.3. The molecule has 7 heteroatoms. The number of hydrogen-bond acceptors (Lipinski definition) is 4. The number of H-pyrrole nitrogens is 1. The second kappa shape index (κ2) is 6.76. The minimum atomic E-state index is -0.452. The molecule has 0 aliphatic carbocycles. The van der Waals surface area contributed by atoms with E-state index < -0.39 is 5.91 Å². The maximum atomic E-state index is 12.3. The van der Waals surface area contributed by atoms with Crippen molar-refractivity contribution in [2.24, 2.45) is 0 Å². The summed E-state index contributed by atoms with van der Waals surface area (Å²) in [6, 6.07) is 13.8. The van der Waals surface area contributed by atoms with Gasteiger partial charge in [0.15, 0.2) is 5.82 Å². The monoisotopic (exact) mass is 387 g/mol. The standard InChI is InChI=1S/C17H14BrN3O3/c1-24-15-5-3-2-4-11(15)13-9-16(21-20-13)19-17(23)12-8-10(18)6-7-14(12)22/h2-9,22H,1H3,(H2,19,20,21,23). The third-order valence-corrected chi connectivity index (χ3v) is 3.91. The van der Waals surface area contributed by atoms with Gasteiger partial charge in [0.1, 0.15) is 11.5 Å². The molecule has 0 spiro atoms. The number of para-hydroxylation sites is 1. The number of benzene rings is 2. The maximum Gasteiger partial charge on any atom is 0.260 e. The molecule has 0 radical (unpaired) electrons. The van der Waals surface area contributed by atoms with Gasteiger partial charge in [0.25, 0.3) is 5.91 Å². The maximum absolute atomic E-state index is 12.3. The van der Waals surface area contributed by atoms with Gasteiger partial charge in [0.05, 0.1) is 18.4 Å². The number of phenolic OH excluding ortho intramolecular Hbond substituents is 1. The largest absolute Gasteiger partial charge is 0.507 e. The minimum absolute atomic E-state index is 0.101. The molecule has 0 atom stereocenters. The summed E-state index contributed by atoms with van der Waals surface area (Å²) < 4.78 is 6.01. The first-order chi connectivity index (χ1) is 11.6. The van der Waals surface area contributed by atoms with E-state index in [2.05, 4.69) is 31.4 Å². The van der Waals surface area contributed by atoms with E-state index in [1.165, 1.54) is 6.07 Å². The van der Waals surface area contributed by atoms with Crippen molar-refractivity contribution in [3.63, 3.8) is 0 Å². The van der Waals surface area contributed by atoms with Crippen LogP contribution in [-0.4, -0.2) is 28.3 Å². The van der Waals surface area contributed by atoms with Crippen LogP contribution in [-0.2, 0) is 0 Å². The van der Waals surface area contributed by atoms with Crippen molar-refractivity contribution in [3.05, 3.63) is 58.6 Å². The van der Waals surface area contributed by atoms with E-state index in [1.54, 1.807) is 25.3 Å². The molecule has 0 unspecified atom stereocenters.